The molecule has 1 aromatic carbocycles. The van der Waals surface area contributed by atoms with Crippen LogP contribution < -0.4 is 0 Å². The molecule has 1 aromatic heterocycles. The number of fused-ring (bicyclic) bond motifs is 1. The van der Waals surface area contributed by atoms with E-state index < -0.39 is 0 Å². The first-order valence-electron chi connectivity index (χ1n) is 5.42. The van der Waals surface area contributed by atoms with Crippen molar-refractivity contribution in [3.63, 3.8) is 0 Å². The maximum absolute atomic E-state index is 11.9. The van der Waals surface area contributed by atoms with Crippen molar-refractivity contribution in [2.45, 2.75) is 12.8 Å². The highest BCUT2D eigenvalue weighted by Crippen LogP contribution is 2.22. The Balaban J connectivity index is 2.43. The third-order valence-corrected chi connectivity index (χ3v) is 3.12. The SMILES string of the molecule is C=CCCC(=O)c1nc2ccccc2cc1Br. The number of pyridine rings is 1. The van der Waals surface area contributed by atoms with Gasteiger partial charge in [-0.1, -0.05) is 24.3 Å². The van der Waals surface area contributed by atoms with Crippen LogP contribution in [0.15, 0.2) is 47.5 Å². The molecule has 1 heterocycles. The van der Waals surface area contributed by atoms with Crippen molar-refractivity contribution in [3.8, 4) is 0 Å². The van der Waals surface area contributed by atoms with E-state index in [2.05, 4.69) is 27.5 Å². The summed E-state index contributed by atoms with van der Waals surface area (Å²) in [6.07, 6.45) is 2.88. The lowest BCUT2D eigenvalue weighted by Gasteiger charge is -2.04. The van der Waals surface area contributed by atoms with Gasteiger partial charge in [0.15, 0.2) is 5.78 Å². The molecule has 0 atom stereocenters. The molecule has 0 radical (unpaired) electrons. The minimum atomic E-state index is 0.0440. The lowest BCUT2D eigenvalue weighted by Crippen LogP contribution is -2.03. The number of rotatable bonds is 4. The van der Waals surface area contributed by atoms with Crippen LogP contribution >= 0.6 is 15.9 Å². The predicted molar refractivity (Wildman–Crippen MR) is 73.2 cm³/mol. The molecule has 86 valence electrons. The van der Waals surface area contributed by atoms with Gasteiger partial charge in [-0.05, 0) is 34.5 Å². The minimum absolute atomic E-state index is 0.0440. The van der Waals surface area contributed by atoms with Crippen LogP contribution in [0.5, 0.6) is 0 Å². The van der Waals surface area contributed by atoms with Crippen molar-refractivity contribution < 1.29 is 4.79 Å². The first kappa shape index (κ1) is 12.0. The molecule has 3 heteroatoms. The van der Waals surface area contributed by atoms with Crippen molar-refractivity contribution in [1.82, 2.24) is 4.98 Å². The summed E-state index contributed by atoms with van der Waals surface area (Å²) in [6, 6.07) is 9.69. The molecule has 17 heavy (non-hydrogen) atoms. The molecule has 0 bridgehead atoms. The number of benzene rings is 1. The highest BCUT2D eigenvalue weighted by molar-refractivity contribution is 9.10. The van der Waals surface area contributed by atoms with Crippen LogP contribution in [0, 0.1) is 0 Å². The van der Waals surface area contributed by atoms with Crippen molar-refractivity contribution in [2.24, 2.45) is 0 Å². The second-order valence-corrected chi connectivity index (χ2v) is 4.62. The van der Waals surface area contributed by atoms with Crippen molar-refractivity contribution in [1.29, 1.82) is 0 Å². The number of carbonyl (C=O) groups excluding carboxylic acids is 1. The summed E-state index contributed by atoms with van der Waals surface area (Å²) in [7, 11) is 0. The van der Waals surface area contributed by atoms with E-state index in [-0.39, 0.29) is 5.78 Å². The van der Waals surface area contributed by atoms with E-state index in [9.17, 15) is 4.79 Å². The zero-order valence-corrected chi connectivity index (χ0v) is 10.9. The average Bonchev–Trinajstić information content (AvgIpc) is 2.35. The van der Waals surface area contributed by atoms with Gasteiger partial charge in [0.05, 0.1) is 5.52 Å². The number of aromatic nitrogens is 1. The fourth-order valence-corrected chi connectivity index (χ4v) is 2.19. The fourth-order valence-electron chi connectivity index (χ4n) is 1.64. The van der Waals surface area contributed by atoms with Crippen LogP contribution in [-0.4, -0.2) is 10.8 Å². The molecule has 0 fully saturated rings. The Morgan fingerprint density at radius 1 is 1.41 bits per heavy atom. The van der Waals surface area contributed by atoms with Gasteiger partial charge < -0.3 is 0 Å². The minimum Gasteiger partial charge on any atom is -0.292 e. The Bertz CT molecular complexity index is 577. The highest BCUT2D eigenvalue weighted by atomic mass is 79.9. The Labute approximate surface area is 108 Å². The summed E-state index contributed by atoms with van der Waals surface area (Å²) < 4.78 is 0.755. The number of hydrogen-bond acceptors (Lipinski definition) is 2. The zero-order valence-electron chi connectivity index (χ0n) is 9.32. The molecule has 0 saturated heterocycles. The van der Waals surface area contributed by atoms with Gasteiger partial charge in [0.1, 0.15) is 5.69 Å². The van der Waals surface area contributed by atoms with Crippen molar-refractivity contribution in [2.75, 3.05) is 0 Å². The molecule has 0 aliphatic carbocycles. The molecule has 0 amide bonds. The van der Waals surface area contributed by atoms with E-state index in [4.69, 9.17) is 0 Å². The first-order valence-corrected chi connectivity index (χ1v) is 6.21. The zero-order chi connectivity index (χ0) is 12.3. The van der Waals surface area contributed by atoms with Crippen LogP contribution in [0.25, 0.3) is 10.9 Å². The van der Waals surface area contributed by atoms with Crippen LogP contribution in [-0.2, 0) is 0 Å². The van der Waals surface area contributed by atoms with E-state index in [0.29, 0.717) is 18.5 Å². The number of para-hydroxylation sites is 1. The van der Waals surface area contributed by atoms with Crippen LogP contribution in [0.1, 0.15) is 23.3 Å². The number of Topliss-reactive ketones (excluding diaryl/α,β-unsaturated/α-hetero) is 1. The van der Waals surface area contributed by atoms with Crippen molar-refractivity contribution in [3.05, 3.63) is 53.2 Å². The van der Waals surface area contributed by atoms with Gasteiger partial charge in [0.2, 0.25) is 0 Å². The quantitative estimate of drug-likeness (QED) is 0.625. The summed E-state index contributed by atoms with van der Waals surface area (Å²) in [6.45, 7) is 3.61. The van der Waals surface area contributed by atoms with Gasteiger partial charge in [-0.25, -0.2) is 4.98 Å². The number of ketones is 1. The van der Waals surface area contributed by atoms with Gasteiger partial charge in [-0.15, -0.1) is 6.58 Å². The average molecular weight is 290 g/mol. The standard InChI is InChI=1S/C14H12BrNO/c1-2-3-8-13(17)14-11(15)9-10-6-4-5-7-12(10)16-14/h2,4-7,9H,1,3,8H2. The van der Waals surface area contributed by atoms with Gasteiger partial charge >= 0.3 is 0 Å². The Morgan fingerprint density at radius 3 is 2.94 bits per heavy atom. The topological polar surface area (TPSA) is 30.0 Å². The predicted octanol–water partition coefficient (Wildman–Crippen LogP) is 4.15. The van der Waals surface area contributed by atoms with Crippen LogP contribution in [0.4, 0.5) is 0 Å². The van der Waals surface area contributed by atoms with E-state index in [1.54, 1.807) is 6.08 Å². The van der Waals surface area contributed by atoms with E-state index in [1.165, 1.54) is 0 Å². The molecule has 2 nitrogen and oxygen atoms in total. The van der Waals surface area contributed by atoms with Gasteiger partial charge in [-0.2, -0.15) is 0 Å². The molecule has 0 aliphatic heterocycles. The molecular formula is C14H12BrNO. The molecule has 0 aliphatic rings. The summed E-state index contributed by atoms with van der Waals surface area (Å²) in [5.41, 5.74) is 1.35. The van der Waals surface area contributed by atoms with E-state index in [0.717, 1.165) is 15.4 Å². The third kappa shape index (κ3) is 2.61. The van der Waals surface area contributed by atoms with Crippen LogP contribution in [0.2, 0.25) is 0 Å². The molecular weight excluding hydrogens is 278 g/mol. The smallest absolute Gasteiger partial charge is 0.182 e. The molecule has 0 unspecified atom stereocenters. The summed E-state index contributed by atoms with van der Waals surface area (Å²) in [5, 5.41) is 1.03. The van der Waals surface area contributed by atoms with Gasteiger partial charge in [-0.3, -0.25) is 4.79 Å². The lowest BCUT2D eigenvalue weighted by atomic mass is 10.1. The maximum Gasteiger partial charge on any atom is 0.182 e. The third-order valence-electron chi connectivity index (χ3n) is 2.52. The molecule has 2 aromatic rings. The summed E-state index contributed by atoms with van der Waals surface area (Å²) >= 11 is 3.40. The second kappa shape index (κ2) is 5.23. The maximum atomic E-state index is 11.9. The fraction of sp³-hybridized carbons (Fsp3) is 0.143. The Morgan fingerprint density at radius 2 is 2.18 bits per heavy atom. The number of hydrogen-bond donors (Lipinski definition) is 0. The largest absolute Gasteiger partial charge is 0.292 e. The first-order chi connectivity index (χ1) is 8.22. The van der Waals surface area contributed by atoms with E-state index in [1.807, 2.05) is 30.3 Å². The monoisotopic (exact) mass is 289 g/mol. The van der Waals surface area contributed by atoms with Crippen molar-refractivity contribution >= 4 is 32.6 Å². The Kier molecular flexibility index (Phi) is 3.69. The van der Waals surface area contributed by atoms with Crippen LogP contribution in [0.3, 0.4) is 0 Å². The number of nitrogens with zero attached hydrogens (tertiary/aromatic N) is 1. The Hall–Kier alpha value is -1.48. The molecule has 0 saturated carbocycles. The number of carbonyl (C=O) groups is 1. The van der Waals surface area contributed by atoms with Gasteiger partial charge in [0.25, 0.3) is 0 Å². The highest BCUT2D eigenvalue weighted by Gasteiger charge is 2.12. The van der Waals surface area contributed by atoms with Gasteiger partial charge in [0, 0.05) is 16.3 Å². The summed E-state index contributed by atoms with van der Waals surface area (Å²) in [5.74, 6) is 0.0440. The second-order valence-electron chi connectivity index (χ2n) is 3.76. The van der Waals surface area contributed by atoms with E-state index >= 15 is 0 Å². The summed E-state index contributed by atoms with van der Waals surface area (Å²) in [4.78, 5) is 16.3. The molecule has 0 N–H and O–H groups in total. The lowest BCUT2D eigenvalue weighted by molar-refractivity contribution is 0.0978. The number of allylic oxidation sites excluding steroid dienone is 1. The molecule has 2 rings (SSSR count). The normalized spacial score (nSPS) is 10.4. The number of halogens is 1. The molecule has 0 spiro atoms.